The summed E-state index contributed by atoms with van der Waals surface area (Å²) in [5, 5.41) is 0. The zero-order chi connectivity index (χ0) is 16.8. The molecule has 1 aromatic carbocycles. The SMILES string of the molecule is CC(C)(C)CC(=O)CC(CCCc1ccccc1)C(C)(C)C. The number of hydrogen-bond acceptors (Lipinski definition) is 1. The fourth-order valence-electron chi connectivity index (χ4n) is 2.98. The number of Topliss-reactive ketones (excluding diaryl/α,β-unsaturated/α-hetero) is 1. The third-order valence-electron chi connectivity index (χ3n) is 4.29. The Morgan fingerprint density at radius 1 is 1.00 bits per heavy atom. The Kier molecular flexibility index (Phi) is 6.84. The summed E-state index contributed by atoms with van der Waals surface area (Å²) in [7, 11) is 0. The molecule has 0 aliphatic heterocycles. The Morgan fingerprint density at radius 2 is 1.59 bits per heavy atom. The van der Waals surface area contributed by atoms with Gasteiger partial charge in [-0.05, 0) is 41.6 Å². The van der Waals surface area contributed by atoms with E-state index in [1.54, 1.807) is 0 Å². The van der Waals surface area contributed by atoms with Crippen LogP contribution in [0.3, 0.4) is 0 Å². The molecule has 1 unspecified atom stereocenters. The molecule has 0 radical (unpaired) electrons. The Morgan fingerprint density at radius 3 is 2.09 bits per heavy atom. The third kappa shape index (κ3) is 7.77. The molecule has 0 aliphatic carbocycles. The maximum absolute atomic E-state index is 12.3. The summed E-state index contributed by atoms with van der Waals surface area (Å²) in [6, 6.07) is 10.6. The van der Waals surface area contributed by atoms with Gasteiger partial charge in [-0.15, -0.1) is 0 Å². The van der Waals surface area contributed by atoms with Crippen LogP contribution in [-0.4, -0.2) is 5.78 Å². The molecule has 0 saturated carbocycles. The van der Waals surface area contributed by atoms with Gasteiger partial charge in [0.15, 0.2) is 0 Å². The lowest BCUT2D eigenvalue weighted by molar-refractivity contribution is -0.122. The first-order valence-electron chi connectivity index (χ1n) is 8.63. The number of benzene rings is 1. The first-order chi connectivity index (χ1) is 10.1. The monoisotopic (exact) mass is 302 g/mol. The molecule has 0 fully saturated rings. The largest absolute Gasteiger partial charge is 0.300 e. The fourth-order valence-corrected chi connectivity index (χ4v) is 2.98. The summed E-state index contributed by atoms with van der Waals surface area (Å²) in [5.41, 5.74) is 1.70. The molecule has 0 spiro atoms. The molecule has 1 heteroatoms. The summed E-state index contributed by atoms with van der Waals surface area (Å²) >= 11 is 0. The van der Waals surface area contributed by atoms with Crippen LogP contribution >= 0.6 is 0 Å². The van der Waals surface area contributed by atoms with Crippen LogP contribution in [0.1, 0.15) is 72.8 Å². The van der Waals surface area contributed by atoms with Gasteiger partial charge in [-0.2, -0.15) is 0 Å². The second-order valence-corrected chi connectivity index (χ2v) is 8.92. The van der Waals surface area contributed by atoms with Crippen LogP contribution < -0.4 is 0 Å². The molecule has 1 atom stereocenters. The zero-order valence-electron chi connectivity index (χ0n) is 15.4. The first kappa shape index (κ1) is 18.9. The van der Waals surface area contributed by atoms with E-state index in [4.69, 9.17) is 0 Å². The Labute approximate surface area is 137 Å². The predicted molar refractivity (Wildman–Crippen MR) is 96.0 cm³/mol. The number of rotatable bonds is 7. The van der Waals surface area contributed by atoms with Gasteiger partial charge in [0.1, 0.15) is 5.78 Å². The van der Waals surface area contributed by atoms with Crippen molar-refractivity contribution in [1.29, 1.82) is 0 Å². The molecule has 1 nitrogen and oxygen atoms in total. The van der Waals surface area contributed by atoms with Crippen molar-refractivity contribution >= 4 is 5.78 Å². The molecule has 0 saturated heterocycles. The van der Waals surface area contributed by atoms with Crippen molar-refractivity contribution in [3.8, 4) is 0 Å². The summed E-state index contributed by atoms with van der Waals surface area (Å²) in [5.74, 6) is 0.901. The lowest BCUT2D eigenvalue weighted by atomic mass is 9.73. The van der Waals surface area contributed by atoms with E-state index < -0.39 is 0 Å². The van der Waals surface area contributed by atoms with Gasteiger partial charge in [-0.25, -0.2) is 0 Å². The highest BCUT2D eigenvalue weighted by Gasteiger charge is 2.27. The molecular weight excluding hydrogens is 268 g/mol. The second-order valence-electron chi connectivity index (χ2n) is 8.92. The van der Waals surface area contributed by atoms with Crippen LogP contribution in [0.25, 0.3) is 0 Å². The van der Waals surface area contributed by atoms with Gasteiger partial charge in [-0.3, -0.25) is 4.79 Å². The Bertz CT molecular complexity index is 445. The molecule has 124 valence electrons. The van der Waals surface area contributed by atoms with E-state index in [0.717, 1.165) is 25.7 Å². The Balaban J connectivity index is 2.53. The van der Waals surface area contributed by atoms with Gasteiger partial charge < -0.3 is 0 Å². The highest BCUT2D eigenvalue weighted by Crippen LogP contribution is 2.34. The van der Waals surface area contributed by atoms with Gasteiger partial charge in [0, 0.05) is 12.8 Å². The van der Waals surface area contributed by atoms with E-state index in [-0.39, 0.29) is 10.8 Å². The predicted octanol–water partition coefficient (Wildman–Crippen LogP) is 6.07. The lowest BCUT2D eigenvalue weighted by Crippen LogP contribution is -2.25. The van der Waals surface area contributed by atoms with Crippen molar-refractivity contribution in [2.24, 2.45) is 16.7 Å². The fraction of sp³-hybridized carbons (Fsp3) is 0.667. The van der Waals surface area contributed by atoms with E-state index >= 15 is 0 Å². The van der Waals surface area contributed by atoms with Gasteiger partial charge >= 0.3 is 0 Å². The molecule has 1 aromatic rings. The zero-order valence-corrected chi connectivity index (χ0v) is 15.4. The van der Waals surface area contributed by atoms with Crippen LogP contribution in [0, 0.1) is 16.7 Å². The van der Waals surface area contributed by atoms with Crippen molar-refractivity contribution in [2.45, 2.75) is 73.6 Å². The van der Waals surface area contributed by atoms with Gasteiger partial charge in [-0.1, -0.05) is 71.9 Å². The summed E-state index contributed by atoms with van der Waals surface area (Å²) in [6.45, 7) is 13.2. The van der Waals surface area contributed by atoms with E-state index in [1.807, 2.05) is 0 Å². The van der Waals surface area contributed by atoms with E-state index in [1.165, 1.54) is 5.56 Å². The second kappa shape index (κ2) is 7.94. The summed E-state index contributed by atoms with van der Waals surface area (Å²) in [6.07, 6.45) is 4.83. The maximum Gasteiger partial charge on any atom is 0.133 e. The maximum atomic E-state index is 12.3. The Hall–Kier alpha value is -1.11. The highest BCUT2D eigenvalue weighted by molar-refractivity contribution is 5.79. The topological polar surface area (TPSA) is 17.1 Å². The van der Waals surface area contributed by atoms with Gasteiger partial charge in [0.05, 0.1) is 0 Å². The third-order valence-corrected chi connectivity index (χ3v) is 4.29. The van der Waals surface area contributed by atoms with Crippen LogP contribution in [-0.2, 0) is 11.2 Å². The molecular formula is C21H34O. The van der Waals surface area contributed by atoms with Crippen molar-refractivity contribution in [3.05, 3.63) is 35.9 Å². The number of aryl methyl sites for hydroxylation is 1. The summed E-state index contributed by atoms with van der Waals surface area (Å²) < 4.78 is 0. The minimum absolute atomic E-state index is 0.101. The van der Waals surface area contributed by atoms with Crippen LogP contribution in [0.4, 0.5) is 0 Å². The molecule has 0 aliphatic rings. The van der Waals surface area contributed by atoms with Crippen LogP contribution in [0.5, 0.6) is 0 Å². The average molecular weight is 303 g/mol. The van der Waals surface area contributed by atoms with Crippen molar-refractivity contribution in [2.75, 3.05) is 0 Å². The molecule has 1 rings (SSSR count). The van der Waals surface area contributed by atoms with Crippen molar-refractivity contribution < 1.29 is 4.79 Å². The van der Waals surface area contributed by atoms with Gasteiger partial charge in [0.2, 0.25) is 0 Å². The van der Waals surface area contributed by atoms with E-state index in [9.17, 15) is 4.79 Å². The smallest absolute Gasteiger partial charge is 0.133 e. The quantitative estimate of drug-likeness (QED) is 0.597. The number of carbonyl (C=O) groups excluding carboxylic acids is 1. The minimum Gasteiger partial charge on any atom is -0.300 e. The molecule has 0 bridgehead atoms. The van der Waals surface area contributed by atoms with E-state index in [2.05, 4.69) is 71.9 Å². The van der Waals surface area contributed by atoms with Crippen molar-refractivity contribution in [1.82, 2.24) is 0 Å². The minimum atomic E-state index is 0.101. The molecule has 0 N–H and O–H groups in total. The van der Waals surface area contributed by atoms with Crippen molar-refractivity contribution in [3.63, 3.8) is 0 Å². The van der Waals surface area contributed by atoms with E-state index in [0.29, 0.717) is 18.1 Å². The first-order valence-corrected chi connectivity index (χ1v) is 8.63. The molecule has 0 amide bonds. The molecule has 0 heterocycles. The summed E-state index contributed by atoms with van der Waals surface area (Å²) in [4.78, 5) is 12.3. The highest BCUT2D eigenvalue weighted by atomic mass is 16.1. The molecule has 0 aromatic heterocycles. The van der Waals surface area contributed by atoms with Gasteiger partial charge in [0.25, 0.3) is 0 Å². The number of hydrogen-bond donors (Lipinski definition) is 0. The normalized spacial score (nSPS) is 13.9. The van der Waals surface area contributed by atoms with Crippen LogP contribution in [0.2, 0.25) is 0 Å². The lowest BCUT2D eigenvalue weighted by Gasteiger charge is -2.31. The standard InChI is InChI=1S/C21H34O/c1-20(2,3)16-19(22)15-18(21(4,5)6)14-10-13-17-11-8-7-9-12-17/h7-9,11-12,18H,10,13-16H2,1-6H3. The number of ketones is 1. The number of carbonyl (C=O) groups is 1. The van der Waals surface area contributed by atoms with Crippen LogP contribution in [0.15, 0.2) is 30.3 Å². The average Bonchev–Trinajstić information content (AvgIpc) is 2.35. The molecule has 22 heavy (non-hydrogen) atoms.